The molecule has 1 aliphatic heterocycles. The van der Waals surface area contributed by atoms with Gasteiger partial charge >= 0.3 is 0 Å². The first kappa shape index (κ1) is 27.6. The lowest BCUT2D eigenvalue weighted by atomic mass is 9.59. The van der Waals surface area contributed by atoms with Crippen molar-refractivity contribution < 1.29 is 14.6 Å². The fourth-order valence-corrected chi connectivity index (χ4v) is 17.0. The Labute approximate surface area is 319 Å². The number of aliphatic hydroxyl groups excluding tert-OH is 1. The smallest absolute Gasteiger partial charge is 0.123 e. The number of nitrogens with zero attached hydrogens (tertiary/aromatic N) is 1. The minimum absolute atomic E-state index is 0.0618. The second-order valence-corrected chi connectivity index (χ2v) is 19.4. The summed E-state index contributed by atoms with van der Waals surface area (Å²) >= 11 is 0. The Morgan fingerprint density at radius 2 is 1.55 bits per heavy atom. The van der Waals surface area contributed by atoms with Gasteiger partial charge in [-0.2, -0.15) is 0 Å². The summed E-state index contributed by atoms with van der Waals surface area (Å²) in [6, 6.07) is 14.5. The van der Waals surface area contributed by atoms with Crippen LogP contribution < -0.4 is 30.8 Å². The molecule has 56 heavy (non-hydrogen) atoms. The summed E-state index contributed by atoms with van der Waals surface area (Å²) in [6.07, 6.45) is 10.0. The quantitative estimate of drug-likeness (QED) is 0.170. The lowest BCUT2D eigenvalue weighted by Crippen LogP contribution is -2.47. The van der Waals surface area contributed by atoms with Gasteiger partial charge in [0.05, 0.1) is 26.9 Å². The summed E-state index contributed by atoms with van der Waals surface area (Å²) in [7, 11) is 1.86. The van der Waals surface area contributed by atoms with Gasteiger partial charge in [-0.15, -0.1) is 0 Å². The lowest BCUT2D eigenvalue weighted by Gasteiger charge is -2.44. The standard InChI is InChI=1S/C52H35NO3/c1-55-29-5-3-2-4-26(29)51-52-17-25-15-23-13-20-10-19-11-22-12-21-14-24-16-27(28(52)18-53(51)6-8-56-9-7-54)37-42-33(24)32(21)39-34(22)38-30(19)31(20)40-35(23)41-36(25)50(52)49(37)48-46(41)44(40)43(38)45(39)47(42)48/h2-5,11-13,15,19,25,28,36,51,54H,6-10,14,16-18H2,1H3. The molecule has 1 N–H and O–H groups in total. The van der Waals surface area contributed by atoms with Gasteiger partial charge in [-0.3, -0.25) is 4.90 Å². The number of aliphatic hydroxyl groups is 1. The third-order valence-electron chi connectivity index (χ3n) is 17.9. The van der Waals surface area contributed by atoms with Gasteiger partial charge in [-0.05, 0) is 167 Å². The normalized spacial score (nSPS) is 28.9. The Morgan fingerprint density at radius 1 is 0.750 bits per heavy atom. The van der Waals surface area contributed by atoms with Crippen molar-refractivity contribution in [1.82, 2.24) is 4.90 Å². The van der Waals surface area contributed by atoms with E-state index in [0.29, 0.717) is 36.9 Å². The third kappa shape index (κ3) is 2.31. The molecule has 6 unspecified atom stereocenters. The van der Waals surface area contributed by atoms with Crippen molar-refractivity contribution in [2.45, 2.75) is 43.6 Å². The molecule has 9 aliphatic rings. The maximum absolute atomic E-state index is 9.67. The van der Waals surface area contributed by atoms with Crippen LogP contribution in [0.3, 0.4) is 0 Å². The van der Waals surface area contributed by atoms with Gasteiger partial charge in [0.2, 0.25) is 0 Å². The number of ether oxygens (including phenoxy) is 2. The molecule has 1 spiro atoms. The van der Waals surface area contributed by atoms with Crippen LogP contribution in [0.4, 0.5) is 0 Å². The van der Waals surface area contributed by atoms with Crippen LogP contribution in [0.2, 0.25) is 0 Å². The molecule has 1 heterocycles. The zero-order chi connectivity index (χ0) is 35.6. The number of rotatable bonds is 7. The largest absolute Gasteiger partial charge is 0.496 e. The van der Waals surface area contributed by atoms with Gasteiger partial charge in [-0.25, -0.2) is 0 Å². The number of likely N-dealkylation sites (tertiary alicyclic amines) is 1. The van der Waals surface area contributed by atoms with Crippen molar-refractivity contribution in [1.29, 1.82) is 0 Å². The molecule has 8 aliphatic carbocycles. The highest BCUT2D eigenvalue weighted by atomic mass is 16.5. The van der Waals surface area contributed by atoms with Gasteiger partial charge in [0.25, 0.3) is 0 Å². The highest BCUT2D eigenvalue weighted by Crippen LogP contribution is 2.74. The minimum Gasteiger partial charge on any atom is -0.496 e. The van der Waals surface area contributed by atoms with E-state index in [2.05, 4.69) is 53.5 Å². The Kier molecular flexibility index (Phi) is 3.97. The first-order valence-corrected chi connectivity index (χ1v) is 21.3. The number of hydrogen-bond donors (Lipinski definition) is 1. The molecule has 18 rings (SSSR count). The van der Waals surface area contributed by atoms with Crippen LogP contribution in [0.1, 0.15) is 58.5 Å². The van der Waals surface area contributed by atoms with Crippen molar-refractivity contribution in [2.24, 2.45) is 17.3 Å². The molecule has 1 saturated heterocycles. The number of benzene rings is 6. The zero-order valence-corrected chi connectivity index (χ0v) is 31.1. The SMILES string of the molecule is COc1ccccc1C1N(CCOCCO)CC2C3=c4c5c6c7c8c9c(cc%10c%11c%12c%13c%14c(cc%15c%16c(c4c6c(c%16%14)c%13c7c%119)=C(C3)C%15)=CC%12C%10)=CC3CC21C=5C83. The van der Waals surface area contributed by atoms with E-state index in [1.54, 1.807) is 130 Å². The topological polar surface area (TPSA) is 41.9 Å². The van der Waals surface area contributed by atoms with Crippen LogP contribution in [-0.2, 0) is 17.6 Å². The summed E-state index contributed by atoms with van der Waals surface area (Å²) in [6.45, 7) is 2.95. The van der Waals surface area contributed by atoms with Crippen LogP contribution >= 0.6 is 0 Å². The fraction of sp³-hybridized carbons (Fsp3) is 0.308. The van der Waals surface area contributed by atoms with E-state index >= 15 is 0 Å². The summed E-state index contributed by atoms with van der Waals surface area (Å²) in [5.74, 6) is 2.78. The van der Waals surface area contributed by atoms with E-state index < -0.39 is 0 Å². The molecule has 0 aromatic heterocycles. The Morgan fingerprint density at radius 3 is 2.46 bits per heavy atom. The molecule has 266 valence electrons. The van der Waals surface area contributed by atoms with Gasteiger partial charge in [0.15, 0.2) is 0 Å². The van der Waals surface area contributed by atoms with Crippen LogP contribution in [0, 0.1) is 17.3 Å². The predicted molar refractivity (Wildman–Crippen MR) is 223 cm³/mol. The molecular formula is C52H35NO3. The number of para-hydroxylation sites is 1. The van der Waals surface area contributed by atoms with Crippen LogP contribution in [0.25, 0.3) is 104 Å². The van der Waals surface area contributed by atoms with E-state index in [4.69, 9.17) is 9.47 Å². The molecule has 1 saturated carbocycles. The number of hydrogen-bond acceptors (Lipinski definition) is 4. The van der Waals surface area contributed by atoms with E-state index in [0.717, 1.165) is 38.1 Å². The Hall–Kier alpha value is -5.00. The number of methoxy groups -OCH3 is 1. The van der Waals surface area contributed by atoms with E-state index in [1.807, 2.05) is 7.11 Å². The molecule has 0 radical (unpaired) electrons. The summed E-state index contributed by atoms with van der Waals surface area (Å²) in [5.41, 5.74) is 13.1. The molecular weight excluding hydrogens is 687 g/mol. The van der Waals surface area contributed by atoms with E-state index in [1.165, 1.54) is 22.4 Å². The van der Waals surface area contributed by atoms with Gasteiger partial charge in [0, 0.05) is 47.9 Å². The van der Waals surface area contributed by atoms with E-state index in [9.17, 15) is 5.11 Å². The Bertz CT molecular complexity index is 3870. The Balaban J connectivity index is 1.12. The summed E-state index contributed by atoms with van der Waals surface area (Å²) < 4.78 is 12.4. The highest BCUT2D eigenvalue weighted by molar-refractivity contribution is 6.54. The van der Waals surface area contributed by atoms with Crippen LogP contribution in [-0.4, -0.2) is 50.0 Å². The molecule has 2 fully saturated rings. The average molecular weight is 722 g/mol. The predicted octanol–water partition coefficient (Wildman–Crippen LogP) is 5.68. The molecule has 4 nitrogen and oxygen atoms in total. The fourth-order valence-electron chi connectivity index (χ4n) is 17.0. The van der Waals surface area contributed by atoms with Gasteiger partial charge in [-0.1, -0.05) is 53.6 Å². The number of fused-ring (bicyclic) bond motifs is 1. The van der Waals surface area contributed by atoms with E-state index in [-0.39, 0.29) is 18.1 Å². The molecule has 0 amide bonds. The zero-order valence-electron chi connectivity index (χ0n) is 31.1. The van der Waals surface area contributed by atoms with Crippen molar-refractivity contribution in [3.63, 3.8) is 0 Å². The van der Waals surface area contributed by atoms with Crippen LogP contribution in [0.15, 0.2) is 36.4 Å². The van der Waals surface area contributed by atoms with Crippen molar-refractivity contribution in [3.05, 3.63) is 90.3 Å². The summed E-state index contributed by atoms with van der Waals surface area (Å²) in [4.78, 5) is 2.81. The third-order valence-corrected chi connectivity index (χ3v) is 17.9. The maximum Gasteiger partial charge on any atom is 0.123 e. The van der Waals surface area contributed by atoms with Crippen molar-refractivity contribution in [2.75, 3.05) is 40.0 Å². The second-order valence-electron chi connectivity index (χ2n) is 19.4. The van der Waals surface area contributed by atoms with Gasteiger partial charge < -0.3 is 14.6 Å². The lowest BCUT2D eigenvalue weighted by molar-refractivity contribution is 0.0651. The van der Waals surface area contributed by atoms with Crippen LogP contribution in [0.5, 0.6) is 5.75 Å². The molecule has 6 atom stereocenters. The summed E-state index contributed by atoms with van der Waals surface area (Å²) in [5, 5.41) is 40.7. The first-order valence-electron chi connectivity index (χ1n) is 21.3. The highest BCUT2D eigenvalue weighted by Gasteiger charge is 2.67. The van der Waals surface area contributed by atoms with Crippen molar-refractivity contribution >= 4 is 104 Å². The molecule has 9 aromatic rings. The van der Waals surface area contributed by atoms with Gasteiger partial charge in [0.1, 0.15) is 5.75 Å². The molecule has 9 aromatic carbocycles. The monoisotopic (exact) mass is 721 g/mol. The second kappa shape index (κ2) is 8.07. The minimum atomic E-state index is -0.0618. The molecule has 4 heteroatoms. The van der Waals surface area contributed by atoms with Crippen molar-refractivity contribution in [3.8, 4) is 5.75 Å². The maximum atomic E-state index is 9.67. The molecule has 0 bridgehead atoms. The first-order chi connectivity index (χ1) is 27.7. The average Bonchev–Trinajstić information content (AvgIpc) is 4.07.